The van der Waals surface area contributed by atoms with Crippen LogP contribution >= 0.6 is 0 Å². The summed E-state index contributed by atoms with van der Waals surface area (Å²) < 4.78 is 26.4. The first-order valence-electron chi connectivity index (χ1n) is 36.9. The smallest absolute Gasteiger partial charge is 0.348 e. The summed E-state index contributed by atoms with van der Waals surface area (Å²) >= 11 is 0. The van der Waals surface area contributed by atoms with Crippen molar-refractivity contribution in [2.75, 3.05) is 39.3 Å². The molecule has 0 aromatic rings. The Balaban J connectivity index is 3.04. The van der Waals surface area contributed by atoms with Gasteiger partial charge in [0.05, 0.1) is 18.3 Å². The third kappa shape index (κ3) is 40.7. The Morgan fingerprint density at radius 2 is 0.690 bits per heavy atom. The lowest BCUT2D eigenvalue weighted by molar-refractivity contribution is -0.196. The first-order chi connectivity index (χ1) is 40.0. The summed E-state index contributed by atoms with van der Waals surface area (Å²) in [5.74, 6) is -0.177. The van der Waals surface area contributed by atoms with Gasteiger partial charge in [-0.3, -0.25) is 4.90 Å². The molecule has 1 aliphatic rings. The van der Waals surface area contributed by atoms with Gasteiger partial charge in [-0.1, -0.05) is 282 Å². The molecule has 6 atom stereocenters. The molecule has 9 nitrogen and oxygen atoms in total. The Hall–Kier alpha value is -0.826. The average molecular weight is 1220 g/mol. The third-order valence-corrected chi connectivity index (χ3v) is 28.7. The van der Waals surface area contributed by atoms with Gasteiger partial charge >= 0.3 is 11.9 Å². The highest BCUT2D eigenvalue weighted by Crippen LogP contribution is 2.39. The molecule has 0 aromatic carbocycles. The molecule has 0 aliphatic carbocycles. The summed E-state index contributed by atoms with van der Waals surface area (Å²) in [7, 11) is -4.04. The van der Waals surface area contributed by atoms with Crippen LogP contribution in [0.2, 0.25) is 36.3 Å². The normalized spacial score (nSPS) is 17.1. The molecule has 1 saturated heterocycles. The zero-order chi connectivity index (χ0) is 62.5. The largest absolute Gasteiger partial charge is 0.448 e. The lowest BCUT2D eigenvalue weighted by Crippen LogP contribution is -2.48. The molecule has 0 radical (unpaired) electrons. The molecule has 11 heteroatoms. The molecule has 1 aliphatic heterocycles. The van der Waals surface area contributed by atoms with E-state index >= 15 is 0 Å². The van der Waals surface area contributed by atoms with E-state index in [1.807, 2.05) is 0 Å². The van der Waals surface area contributed by atoms with E-state index in [9.17, 15) is 14.7 Å². The molecule has 1 N–H and O–H groups in total. The van der Waals surface area contributed by atoms with Gasteiger partial charge in [0.15, 0.2) is 28.8 Å². The van der Waals surface area contributed by atoms with Gasteiger partial charge in [0.2, 0.25) is 0 Å². The summed E-state index contributed by atoms with van der Waals surface area (Å²) in [4.78, 5) is 32.3. The van der Waals surface area contributed by atoms with Crippen molar-refractivity contribution in [2.24, 2.45) is 5.92 Å². The second kappa shape index (κ2) is 48.9. The van der Waals surface area contributed by atoms with E-state index in [1.54, 1.807) is 0 Å². The summed E-state index contributed by atoms with van der Waals surface area (Å²) in [6, 6.07) is 0. The number of carbonyl (C=O) groups excluding carboxylic acids is 2. The van der Waals surface area contributed by atoms with Crippen LogP contribution in [-0.2, 0) is 27.9 Å². The Bertz CT molecular complexity index is 1440. The van der Waals surface area contributed by atoms with Crippen LogP contribution in [-0.4, -0.2) is 113 Å². The van der Waals surface area contributed by atoms with Crippen LogP contribution in [0.3, 0.4) is 0 Å². The van der Waals surface area contributed by atoms with Crippen molar-refractivity contribution in [3.05, 3.63) is 0 Å². The van der Waals surface area contributed by atoms with Gasteiger partial charge in [-0.05, 0) is 119 Å². The zero-order valence-corrected chi connectivity index (χ0v) is 61.2. The van der Waals surface area contributed by atoms with E-state index in [4.69, 9.17) is 18.3 Å². The van der Waals surface area contributed by atoms with Crippen molar-refractivity contribution in [3.63, 3.8) is 0 Å². The molecule has 0 bridgehead atoms. The number of nitrogens with zero attached hydrogens (tertiary/aromatic N) is 2. The first-order valence-corrected chi connectivity index (χ1v) is 42.7. The van der Waals surface area contributed by atoms with Gasteiger partial charge in [-0.2, -0.15) is 0 Å². The molecule has 0 spiro atoms. The Labute approximate surface area is 526 Å². The molecular formula is C73H148N2O7Si2. The van der Waals surface area contributed by atoms with Gasteiger partial charge in [0.25, 0.3) is 0 Å². The van der Waals surface area contributed by atoms with Crippen molar-refractivity contribution < 1.29 is 33.0 Å². The maximum absolute atomic E-state index is 13.6. The molecule has 0 amide bonds. The minimum absolute atomic E-state index is 0.110. The van der Waals surface area contributed by atoms with Crippen molar-refractivity contribution in [2.45, 2.75) is 413 Å². The molecule has 84 heavy (non-hydrogen) atoms. The second-order valence-electron chi connectivity index (χ2n) is 30.2. The Morgan fingerprint density at radius 3 is 1.01 bits per heavy atom. The van der Waals surface area contributed by atoms with E-state index in [2.05, 4.69) is 112 Å². The number of unbranched alkanes of at least 4 members (excludes halogenated alkanes) is 30. The third-order valence-electron chi connectivity index (χ3n) is 19.6. The number of rotatable bonds is 58. The molecule has 0 saturated carbocycles. The number of aliphatic hydroxyl groups is 1. The molecular weight excluding hydrogens is 1070 g/mol. The minimum atomic E-state index is -2.04. The van der Waals surface area contributed by atoms with Crippen LogP contribution in [0.4, 0.5) is 0 Å². The maximum atomic E-state index is 13.6. The van der Waals surface area contributed by atoms with Crippen LogP contribution in [0.15, 0.2) is 0 Å². The monoisotopic (exact) mass is 1220 g/mol. The molecule has 6 unspecified atom stereocenters. The molecule has 1 fully saturated rings. The summed E-state index contributed by atoms with van der Waals surface area (Å²) in [5.41, 5.74) is 0. The molecule has 0 aromatic heterocycles. The highest BCUT2D eigenvalue weighted by atomic mass is 28.4. The number of hydrogen-bond donors (Lipinski definition) is 1. The van der Waals surface area contributed by atoms with E-state index in [-0.39, 0.29) is 34.4 Å². The van der Waals surface area contributed by atoms with Crippen molar-refractivity contribution >= 4 is 28.6 Å². The van der Waals surface area contributed by atoms with E-state index in [0.29, 0.717) is 25.3 Å². The van der Waals surface area contributed by atoms with Gasteiger partial charge in [0, 0.05) is 26.2 Å². The number of hydrogen-bond acceptors (Lipinski definition) is 9. The quantitative estimate of drug-likeness (QED) is 0.0363. The Morgan fingerprint density at radius 1 is 0.405 bits per heavy atom. The lowest BCUT2D eigenvalue weighted by atomic mass is 10.00. The average Bonchev–Trinajstić information content (AvgIpc) is 3.29. The van der Waals surface area contributed by atoms with Crippen molar-refractivity contribution in [1.29, 1.82) is 0 Å². The zero-order valence-electron chi connectivity index (χ0n) is 59.2. The summed E-state index contributed by atoms with van der Waals surface area (Å²) in [6.45, 7) is 40.5. The van der Waals surface area contributed by atoms with Crippen molar-refractivity contribution in [3.8, 4) is 0 Å². The summed E-state index contributed by atoms with van der Waals surface area (Å²) in [6.07, 6.45) is 48.5. The number of ether oxygens (including phenoxy) is 2. The maximum Gasteiger partial charge on any atom is 0.348 e. The van der Waals surface area contributed by atoms with Gasteiger partial charge in [-0.15, -0.1) is 0 Å². The van der Waals surface area contributed by atoms with Crippen LogP contribution in [0, 0.1) is 5.92 Å². The predicted octanol–water partition coefficient (Wildman–Crippen LogP) is 21.7. The standard InChI is InChI=1S/C73H148N2O7Si2/c1-16-20-24-28-32-36-40-44-52-64(5)60-74(62-66(81-83(12,13)72(6,7)8)54-46-42-38-34-30-26-22-18-3)58-50-48-56-68-70(77)80-69(71(78)79-68)57-49-51-59-75(61-65(76)53-45-41-37-33-29-25-21-17-2)63-67(82-84(14,15)73(9,10)11)55-47-43-39-35-31-27-23-19-4/h64-69,76H,16-63H2,1-15H3. The van der Waals surface area contributed by atoms with Crippen LogP contribution < -0.4 is 0 Å². The topological polar surface area (TPSA) is 97.8 Å². The summed E-state index contributed by atoms with van der Waals surface area (Å²) in [5, 5.41) is 11.8. The fourth-order valence-corrected chi connectivity index (χ4v) is 14.7. The number of esters is 2. The highest BCUT2D eigenvalue weighted by Gasteiger charge is 2.41. The van der Waals surface area contributed by atoms with Gasteiger partial charge in [0.1, 0.15) is 0 Å². The van der Waals surface area contributed by atoms with Crippen LogP contribution in [0.5, 0.6) is 0 Å². The fourth-order valence-electron chi connectivity index (χ4n) is 11.9. The Kier molecular flexibility index (Phi) is 47.3. The minimum Gasteiger partial charge on any atom is -0.448 e. The van der Waals surface area contributed by atoms with Crippen molar-refractivity contribution in [1.82, 2.24) is 9.80 Å². The number of cyclic esters (lactones) is 2. The van der Waals surface area contributed by atoms with E-state index < -0.39 is 34.8 Å². The van der Waals surface area contributed by atoms with E-state index in [0.717, 1.165) is 84.1 Å². The second-order valence-corrected chi connectivity index (χ2v) is 39.7. The van der Waals surface area contributed by atoms with E-state index in [1.165, 1.54) is 205 Å². The van der Waals surface area contributed by atoms with Gasteiger partial charge in [-0.25, -0.2) is 9.59 Å². The highest BCUT2D eigenvalue weighted by molar-refractivity contribution is 6.74. The number of aliphatic hydroxyl groups excluding tert-OH is 1. The van der Waals surface area contributed by atoms with Crippen LogP contribution in [0.1, 0.15) is 346 Å². The lowest BCUT2D eigenvalue weighted by Gasteiger charge is -2.41. The van der Waals surface area contributed by atoms with Gasteiger partial charge < -0.3 is 28.3 Å². The first kappa shape index (κ1) is 81.2. The fraction of sp³-hybridized carbons (Fsp3) is 0.973. The predicted molar refractivity (Wildman–Crippen MR) is 369 cm³/mol. The molecule has 1 heterocycles. The SMILES string of the molecule is CCCCCCCCCCC(C)CN(CCCCC1OC(=O)C(CCCCN(CC(O)CCCCCCCCCC)CC(CCCCCCCCCC)O[Si](C)(C)C(C)(C)C)OC1=O)CC(CCCCCCCCCC)O[Si](C)(C)C(C)(C)C. The molecule has 500 valence electrons. The number of carbonyl (C=O) groups is 2. The van der Waals surface area contributed by atoms with Crippen LogP contribution in [0.25, 0.3) is 0 Å². The molecule has 1 rings (SSSR count).